The molecule has 0 saturated carbocycles. The van der Waals surface area contributed by atoms with Crippen LogP contribution in [0.3, 0.4) is 0 Å². The van der Waals surface area contributed by atoms with Crippen molar-refractivity contribution in [3.63, 3.8) is 0 Å². The van der Waals surface area contributed by atoms with Crippen molar-refractivity contribution in [2.24, 2.45) is 0 Å². The van der Waals surface area contributed by atoms with Crippen LogP contribution < -0.4 is 5.32 Å². The molecule has 1 aromatic carbocycles. The van der Waals surface area contributed by atoms with E-state index in [0.717, 1.165) is 12.4 Å². The molecule has 2 aromatic rings. The first-order valence-corrected chi connectivity index (χ1v) is 5.14. The molecule has 0 spiro atoms. The lowest BCUT2D eigenvalue weighted by atomic mass is 10.3. The maximum Gasteiger partial charge on any atom is 0.218 e. The molecule has 0 fully saturated rings. The van der Waals surface area contributed by atoms with Crippen molar-refractivity contribution in [3.8, 4) is 0 Å². The molecule has 3 nitrogen and oxygen atoms in total. The fraction of sp³-hybridized carbons (Fsp3) is 0. The van der Waals surface area contributed by atoms with Gasteiger partial charge in [-0.25, -0.2) is 14.4 Å². The van der Waals surface area contributed by atoms with Gasteiger partial charge in [-0.3, -0.25) is 0 Å². The van der Waals surface area contributed by atoms with Crippen molar-refractivity contribution in [1.29, 1.82) is 0 Å². The molecule has 82 valence electrons. The van der Waals surface area contributed by atoms with Crippen LogP contribution in [0.15, 0.2) is 35.1 Å². The van der Waals surface area contributed by atoms with Gasteiger partial charge in [-0.1, -0.05) is 15.9 Å². The van der Waals surface area contributed by atoms with E-state index in [2.05, 4.69) is 31.2 Å². The molecule has 1 aromatic heterocycles. The first-order chi connectivity index (χ1) is 7.65. The summed E-state index contributed by atoms with van der Waals surface area (Å²) in [6, 6.07) is 5.59. The van der Waals surface area contributed by atoms with Crippen LogP contribution >= 0.6 is 15.9 Å². The third-order valence-corrected chi connectivity index (χ3v) is 2.32. The van der Waals surface area contributed by atoms with Crippen LogP contribution in [0.5, 0.6) is 0 Å². The van der Waals surface area contributed by atoms with Crippen LogP contribution in [0.1, 0.15) is 0 Å². The SMILES string of the molecule is Fc1cc(Nc2ccc(Br)cc2F)ncn1. The van der Waals surface area contributed by atoms with Crippen molar-refractivity contribution in [1.82, 2.24) is 9.97 Å². The van der Waals surface area contributed by atoms with Crippen LogP contribution in [0.2, 0.25) is 0 Å². The second kappa shape index (κ2) is 4.52. The zero-order valence-electron chi connectivity index (χ0n) is 7.92. The molecule has 0 aliphatic heterocycles. The summed E-state index contributed by atoms with van der Waals surface area (Å²) < 4.78 is 26.8. The molecule has 0 radical (unpaired) electrons. The number of benzene rings is 1. The number of hydrogen-bond donors (Lipinski definition) is 1. The molecule has 0 saturated heterocycles. The van der Waals surface area contributed by atoms with Crippen molar-refractivity contribution in [2.45, 2.75) is 0 Å². The molecule has 0 unspecified atom stereocenters. The summed E-state index contributed by atoms with van der Waals surface area (Å²) in [6.45, 7) is 0. The molecule has 1 heterocycles. The lowest BCUT2D eigenvalue weighted by molar-refractivity contribution is 0.580. The van der Waals surface area contributed by atoms with Gasteiger partial charge >= 0.3 is 0 Å². The molecule has 6 heteroatoms. The molecule has 0 aliphatic rings. The summed E-state index contributed by atoms with van der Waals surface area (Å²) in [5, 5.41) is 2.65. The topological polar surface area (TPSA) is 37.8 Å². The average Bonchev–Trinajstić information content (AvgIpc) is 2.22. The van der Waals surface area contributed by atoms with Gasteiger partial charge in [0.1, 0.15) is 18.0 Å². The van der Waals surface area contributed by atoms with Crippen molar-refractivity contribution < 1.29 is 8.78 Å². The first kappa shape index (κ1) is 10.9. The Labute approximate surface area is 98.7 Å². The van der Waals surface area contributed by atoms with E-state index in [1.807, 2.05) is 0 Å². The maximum atomic E-state index is 13.4. The van der Waals surface area contributed by atoms with Crippen LogP contribution in [0.25, 0.3) is 0 Å². The van der Waals surface area contributed by atoms with Gasteiger partial charge in [0.15, 0.2) is 0 Å². The summed E-state index contributed by atoms with van der Waals surface area (Å²) in [6.07, 6.45) is 1.06. The Morgan fingerprint density at radius 3 is 2.62 bits per heavy atom. The summed E-state index contributed by atoms with van der Waals surface area (Å²) >= 11 is 3.14. The lowest BCUT2D eigenvalue weighted by Crippen LogP contribution is -1.97. The monoisotopic (exact) mass is 285 g/mol. The fourth-order valence-corrected chi connectivity index (χ4v) is 1.46. The van der Waals surface area contributed by atoms with Crippen LogP contribution in [-0.4, -0.2) is 9.97 Å². The van der Waals surface area contributed by atoms with E-state index in [1.54, 1.807) is 6.07 Å². The van der Waals surface area contributed by atoms with Crippen molar-refractivity contribution >= 4 is 27.4 Å². The molecule has 0 amide bonds. The molecule has 0 bridgehead atoms. The highest BCUT2D eigenvalue weighted by molar-refractivity contribution is 9.10. The number of halogens is 3. The maximum absolute atomic E-state index is 13.4. The van der Waals surface area contributed by atoms with Gasteiger partial charge in [0.2, 0.25) is 5.95 Å². The summed E-state index contributed by atoms with van der Waals surface area (Å²) in [7, 11) is 0. The minimum absolute atomic E-state index is 0.203. The number of rotatable bonds is 2. The quantitative estimate of drug-likeness (QED) is 0.861. The van der Waals surface area contributed by atoms with E-state index < -0.39 is 11.8 Å². The second-order valence-corrected chi connectivity index (χ2v) is 3.89. The smallest absolute Gasteiger partial charge is 0.218 e. The first-order valence-electron chi connectivity index (χ1n) is 4.35. The van der Waals surface area contributed by atoms with Gasteiger partial charge in [0, 0.05) is 10.5 Å². The molecule has 0 atom stereocenters. The van der Waals surface area contributed by atoms with E-state index in [4.69, 9.17) is 0 Å². The van der Waals surface area contributed by atoms with Gasteiger partial charge in [0.25, 0.3) is 0 Å². The fourth-order valence-electron chi connectivity index (χ4n) is 1.13. The predicted octanol–water partition coefficient (Wildman–Crippen LogP) is 3.26. The molecule has 1 N–H and O–H groups in total. The number of nitrogens with zero attached hydrogens (tertiary/aromatic N) is 2. The number of hydrogen-bond acceptors (Lipinski definition) is 3. The zero-order valence-corrected chi connectivity index (χ0v) is 9.50. The minimum Gasteiger partial charge on any atom is -0.338 e. The Hall–Kier alpha value is -1.56. The average molecular weight is 286 g/mol. The van der Waals surface area contributed by atoms with Crippen LogP contribution in [0, 0.1) is 11.8 Å². The summed E-state index contributed by atoms with van der Waals surface area (Å²) in [4.78, 5) is 7.06. The normalized spacial score (nSPS) is 10.2. The van der Waals surface area contributed by atoms with Crippen LogP contribution in [0.4, 0.5) is 20.3 Å². The summed E-state index contributed by atoms with van der Waals surface area (Å²) in [5.41, 5.74) is 0.223. The van der Waals surface area contributed by atoms with Gasteiger partial charge in [0.05, 0.1) is 5.69 Å². The van der Waals surface area contributed by atoms with E-state index in [0.29, 0.717) is 4.47 Å². The largest absolute Gasteiger partial charge is 0.338 e. The van der Waals surface area contributed by atoms with Gasteiger partial charge in [-0.2, -0.15) is 4.39 Å². The van der Waals surface area contributed by atoms with E-state index in [9.17, 15) is 8.78 Å². The zero-order chi connectivity index (χ0) is 11.5. The molecule has 0 aliphatic carbocycles. The Morgan fingerprint density at radius 1 is 1.12 bits per heavy atom. The highest BCUT2D eigenvalue weighted by Gasteiger charge is 2.04. The molecule has 2 rings (SSSR count). The van der Waals surface area contributed by atoms with Gasteiger partial charge in [-0.15, -0.1) is 0 Å². The standard InChI is InChI=1S/C10H6BrF2N3/c11-6-1-2-8(7(12)3-6)16-10-4-9(13)14-5-15-10/h1-5H,(H,14,15,16). The Bertz CT molecular complexity index is 519. The van der Waals surface area contributed by atoms with E-state index in [-0.39, 0.29) is 11.5 Å². The third kappa shape index (κ3) is 2.52. The molecule has 16 heavy (non-hydrogen) atoms. The highest BCUT2D eigenvalue weighted by Crippen LogP contribution is 2.22. The van der Waals surface area contributed by atoms with Crippen molar-refractivity contribution in [3.05, 3.63) is 46.8 Å². The lowest BCUT2D eigenvalue weighted by Gasteiger charge is -2.06. The molecular formula is C10H6BrF2N3. The van der Waals surface area contributed by atoms with Gasteiger partial charge in [-0.05, 0) is 18.2 Å². The third-order valence-electron chi connectivity index (χ3n) is 1.83. The second-order valence-electron chi connectivity index (χ2n) is 2.98. The number of anilines is 2. The number of nitrogens with one attached hydrogen (secondary N) is 1. The number of aromatic nitrogens is 2. The predicted molar refractivity (Wildman–Crippen MR) is 59.4 cm³/mol. The van der Waals surface area contributed by atoms with E-state index >= 15 is 0 Å². The van der Waals surface area contributed by atoms with Crippen molar-refractivity contribution in [2.75, 3.05) is 5.32 Å². The highest BCUT2D eigenvalue weighted by atomic mass is 79.9. The van der Waals surface area contributed by atoms with Gasteiger partial charge < -0.3 is 5.32 Å². The van der Waals surface area contributed by atoms with Crippen LogP contribution in [-0.2, 0) is 0 Å². The minimum atomic E-state index is -0.671. The Balaban J connectivity index is 2.27. The Morgan fingerprint density at radius 2 is 1.94 bits per heavy atom. The molecular weight excluding hydrogens is 280 g/mol. The van der Waals surface area contributed by atoms with E-state index in [1.165, 1.54) is 12.1 Å². The summed E-state index contributed by atoms with van der Waals surface area (Å²) in [5.74, 6) is -0.919. The Kier molecular flexibility index (Phi) is 3.09.